The van der Waals surface area contributed by atoms with Crippen LogP contribution in [-0.2, 0) is 21.2 Å². The van der Waals surface area contributed by atoms with Gasteiger partial charge in [-0.2, -0.15) is 0 Å². The highest BCUT2D eigenvalue weighted by Crippen LogP contribution is 2.21. The summed E-state index contributed by atoms with van der Waals surface area (Å²) in [5, 5.41) is 12.2. The molecule has 8 nitrogen and oxygen atoms in total. The van der Waals surface area contributed by atoms with Gasteiger partial charge >= 0.3 is 6.03 Å². The smallest absolute Gasteiger partial charge is 0.312 e. The van der Waals surface area contributed by atoms with Gasteiger partial charge in [-0.1, -0.05) is 18.2 Å². The van der Waals surface area contributed by atoms with E-state index in [4.69, 9.17) is 10.9 Å². The van der Waals surface area contributed by atoms with Crippen LogP contribution in [0.25, 0.3) is 0 Å². The number of hydrogen-bond donors (Lipinski definition) is 4. The van der Waals surface area contributed by atoms with E-state index in [1.807, 2.05) is 17.5 Å². The van der Waals surface area contributed by atoms with Gasteiger partial charge < -0.3 is 16.4 Å². The lowest BCUT2D eigenvalue weighted by atomic mass is 10.1. The van der Waals surface area contributed by atoms with Crippen LogP contribution in [-0.4, -0.2) is 26.9 Å². The molecule has 0 saturated heterocycles. The van der Waals surface area contributed by atoms with Crippen molar-refractivity contribution >= 4 is 33.3 Å². The molecule has 1 aromatic carbocycles. The number of nitrogens with one attached hydrogen (secondary N) is 2. The van der Waals surface area contributed by atoms with E-state index in [0.717, 1.165) is 10.4 Å². The summed E-state index contributed by atoms with van der Waals surface area (Å²) in [4.78, 5) is 24.1. The van der Waals surface area contributed by atoms with E-state index in [1.54, 1.807) is 12.1 Å². The van der Waals surface area contributed by atoms with Crippen molar-refractivity contribution in [1.82, 2.24) is 10.6 Å². The topological polar surface area (TPSA) is 144 Å². The molecule has 10 heteroatoms. The number of urea groups is 1. The number of primary sulfonamides is 1. The molecule has 1 atom stereocenters. The third-order valence-electron chi connectivity index (χ3n) is 3.58. The Balaban J connectivity index is 1.85. The molecule has 1 unspecified atom stereocenters. The SMILES string of the molecule is NC(=O)NC(CC(=O)NCCc1ccc(S(N)(=O)=O)cc1)c1cccs1. The maximum absolute atomic E-state index is 12.1. The maximum atomic E-state index is 12.1. The Hall–Kier alpha value is -2.43. The molecule has 6 N–H and O–H groups in total. The molecule has 0 fully saturated rings. The fourth-order valence-corrected chi connectivity index (χ4v) is 3.63. The fourth-order valence-electron chi connectivity index (χ4n) is 2.33. The molecule has 140 valence electrons. The predicted molar refractivity (Wildman–Crippen MR) is 98.9 cm³/mol. The van der Waals surface area contributed by atoms with Gasteiger partial charge in [-0.15, -0.1) is 11.3 Å². The molecule has 1 aromatic heterocycles. The highest BCUT2D eigenvalue weighted by Gasteiger charge is 2.18. The summed E-state index contributed by atoms with van der Waals surface area (Å²) in [6, 6.07) is 8.65. The zero-order valence-corrected chi connectivity index (χ0v) is 15.5. The number of nitrogens with two attached hydrogens (primary N) is 2. The number of primary amides is 1. The molecule has 0 bridgehead atoms. The highest BCUT2D eigenvalue weighted by atomic mass is 32.2. The van der Waals surface area contributed by atoms with Gasteiger partial charge in [0, 0.05) is 11.4 Å². The molecule has 0 aliphatic rings. The summed E-state index contributed by atoms with van der Waals surface area (Å²) in [5.74, 6) is -0.224. The average molecular weight is 396 g/mol. The Morgan fingerprint density at radius 2 is 1.85 bits per heavy atom. The van der Waals surface area contributed by atoms with Gasteiger partial charge in [0.1, 0.15) is 0 Å². The van der Waals surface area contributed by atoms with E-state index >= 15 is 0 Å². The van der Waals surface area contributed by atoms with Gasteiger partial charge in [-0.05, 0) is 35.6 Å². The molecule has 0 radical (unpaired) electrons. The maximum Gasteiger partial charge on any atom is 0.312 e. The normalized spacial score (nSPS) is 12.3. The van der Waals surface area contributed by atoms with E-state index < -0.39 is 22.1 Å². The van der Waals surface area contributed by atoms with Crippen molar-refractivity contribution in [2.45, 2.75) is 23.8 Å². The first-order chi connectivity index (χ1) is 12.3. The van der Waals surface area contributed by atoms with Crippen molar-refractivity contribution in [3.8, 4) is 0 Å². The lowest BCUT2D eigenvalue weighted by Gasteiger charge is -2.16. The Morgan fingerprint density at radius 1 is 1.15 bits per heavy atom. The molecule has 0 spiro atoms. The van der Waals surface area contributed by atoms with Crippen molar-refractivity contribution in [3.05, 3.63) is 52.2 Å². The summed E-state index contributed by atoms with van der Waals surface area (Å²) in [6.45, 7) is 0.376. The minimum absolute atomic E-state index is 0.0431. The number of thiophene rings is 1. The molecule has 1 heterocycles. The van der Waals surface area contributed by atoms with Gasteiger partial charge in [0.05, 0.1) is 17.4 Å². The molecule has 3 amide bonds. The van der Waals surface area contributed by atoms with Crippen LogP contribution in [0.4, 0.5) is 4.79 Å². The minimum Gasteiger partial charge on any atom is -0.356 e. The van der Waals surface area contributed by atoms with Crippen molar-refractivity contribution in [3.63, 3.8) is 0 Å². The highest BCUT2D eigenvalue weighted by molar-refractivity contribution is 7.89. The quantitative estimate of drug-likeness (QED) is 0.524. The Kier molecular flexibility index (Phi) is 6.72. The third kappa shape index (κ3) is 6.14. The molecule has 2 aromatic rings. The molecule has 26 heavy (non-hydrogen) atoms. The Morgan fingerprint density at radius 3 is 2.38 bits per heavy atom. The summed E-state index contributed by atoms with van der Waals surface area (Å²) >= 11 is 1.43. The number of sulfonamides is 1. The number of rotatable bonds is 8. The van der Waals surface area contributed by atoms with Crippen LogP contribution >= 0.6 is 11.3 Å². The van der Waals surface area contributed by atoms with Gasteiger partial charge in [0.2, 0.25) is 15.9 Å². The lowest BCUT2D eigenvalue weighted by Crippen LogP contribution is -2.36. The average Bonchev–Trinajstić information content (AvgIpc) is 3.08. The minimum atomic E-state index is -3.71. The van der Waals surface area contributed by atoms with Crippen LogP contribution in [0.5, 0.6) is 0 Å². The van der Waals surface area contributed by atoms with Crippen LogP contribution in [0.15, 0.2) is 46.7 Å². The number of carbonyl (C=O) groups is 2. The van der Waals surface area contributed by atoms with Crippen LogP contribution in [0.3, 0.4) is 0 Å². The van der Waals surface area contributed by atoms with Gasteiger partial charge in [0.25, 0.3) is 0 Å². The molecule has 0 aliphatic carbocycles. The summed E-state index contributed by atoms with van der Waals surface area (Å²) in [7, 11) is -3.71. The second kappa shape index (κ2) is 8.79. The second-order valence-corrected chi connectivity index (χ2v) is 8.11. The van der Waals surface area contributed by atoms with Crippen LogP contribution < -0.4 is 21.5 Å². The standard InChI is InChI=1S/C16H20N4O4S2/c17-16(22)20-13(14-2-1-9-25-14)10-15(21)19-8-7-11-3-5-12(6-4-11)26(18,23)24/h1-6,9,13H,7-8,10H2,(H,19,21)(H3,17,20,22)(H2,18,23,24). The monoisotopic (exact) mass is 396 g/mol. The summed E-state index contributed by atoms with van der Waals surface area (Å²) in [6.07, 6.45) is 0.608. The van der Waals surface area contributed by atoms with Gasteiger partial charge in [-0.25, -0.2) is 18.4 Å². The number of amides is 3. The van der Waals surface area contributed by atoms with E-state index in [2.05, 4.69) is 10.6 Å². The van der Waals surface area contributed by atoms with E-state index in [9.17, 15) is 18.0 Å². The summed E-state index contributed by atoms with van der Waals surface area (Å²) < 4.78 is 22.4. The van der Waals surface area contributed by atoms with Gasteiger partial charge in [0.15, 0.2) is 0 Å². The summed E-state index contributed by atoms with van der Waals surface area (Å²) in [5.41, 5.74) is 6.03. The molecular formula is C16H20N4O4S2. The van der Waals surface area contributed by atoms with Crippen LogP contribution in [0, 0.1) is 0 Å². The van der Waals surface area contributed by atoms with Crippen molar-refractivity contribution in [1.29, 1.82) is 0 Å². The molecule has 0 saturated carbocycles. The van der Waals surface area contributed by atoms with E-state index in [0.29, 0.717) is 13.0 Å². The van der Waals surface area contributed by atoms with Crippen molar-refractivity contribution < 1.29 is 18.0 Å². The van der Waals surface area contributed by atoms with Crippen molar-refractivity contribution in [2.24, 2.45) is 10.9 Å². The third-order valence-corrected chi connectivity index (χ3v) is 5.50. The van der Waals surface area contributed by atoms with E-state index in [-0.39, 0.29) is 17.2 Å². The number of benzene rings is 1. The van der Waals surface area contributed by atoms with Crippen molar-refractivity contribution in [2.75, 3.05) is 6.54 Å². The second-order valence-electron chi connectivity index (χ2n) is 5.57. The van der Waals surface area contributed by atoms with Crippen LogP contribution in [0.1, 0.15) is 22.9 Å². The predicted octanol–water partition coefficient (Wildman–Crippen LogP) is 0.854. The fraction of sp³-hybridized carbons (Fsp3) is 0.250. The largest absolute Gasteiger partial charge is 0.356 e. The number of carbonyl (C=O) groups excluding carboxylic acids is 2. The van der Waals surface area contributed by atoms with Crippen LogP contribution in [0.2, 0.25) is 0 Å². The lowest BCUT2D eigenvalue weighted by molar-refractivity contribution is -0.121. The van der Waals surface area contributed by atoms with Gasteiger partial charge in [-0.3, -0.25) is 4.79 Å². The molecule has 0 aliphatic heterocycles. The number of hydrogen-bond acceptors (Lipinski definition) is 5. The molecular weight excluding hydrogens is 376 g/mol. The Bertz CT molecular complexity index is 849. The first-order valence-corrected chi connectivity index (χ1v) is 10.2. The zero-order chi connectivity index (χ0) is 19.2. The first-order valence-electron chi connectivity index (χ1n) is 7.73. The zero-order valence-electron chi connectivity index (χ0n) is 13.8. The molecule has 2 rings (SSSR count). The van der Waals surface area contributed by atoms with E-state index in [1.165, 1.54) is 23.5 Å². The first kappa shape index (κ1) is 19.9. The Labute approximate surface area is 155 Å².